The highest BCUT2D eigenvalue weighted by Crippen LogP contribution is 2.38. The van der Waals surface area contributed by atoms with Gasteiger partial charge in [0.05, 0.1) is 37.4 Å². The summed E-state index contributed by atoms with van der Waals surface area (Å²) in [5.41, 5.74) is -0.679. The highest BCUT2D eigenvalue weighted by atomic mass is 35.5. The summed E-state index contributed by atoms with van der Waals surface area (Å²) in [6.45, 7) is 4.23. The molecular formula is C30H30ClF3N6O9. The molecule has 1 unspecified atom stereocenters. The van der Waals surface area contributed by atoms with Crippen molar-refractivity contribution in [2.75, 3.05) is 18.8 Å². The number of hydrazine groups is 3. The second-order valence-electron chi connectivity index (χ2n) is 11.1. The molecule has 0 saturated heterocycles. The molecule has 4 aromatic rings. The summed E-state index contributed by atoms with van der Waals surface area (Å²) in [6.07, 6.45) is 3.16. The molecule has 0 radical (unpaired) electrons. The lowest BCUT2D eigenvalue weighted by Gasteiger charge is -2.35. The maximum atomic E-state index is 14.0. The Morgan fingerprint density at radius 1 is 1.04 bits per heavy atom. The lowest BCUT2D eigenvalue weighted by atomic mass is 9.98. The number of methoxy groups -OCH3 is 1. The van der Waals surface area contributed by atoms with Gasteiger partial charge in [-0.25, -0.2) is 15.6 Å². The average molecular weight is 711 g/mol. The van der Waals surface area contributed by atoms with E-state index in [0.29, 0.717) is 27.0 Å². The first-order valence-corrected chi connectivity index (χ1v) is 14.5. The van der Waals surface area contributed by atoms with Crippen LogP contribution in [-0.4, -0.2) is 51.2 Å². The average Bonchev–Trinajstić information content (AvgIpc) is 3.61. The molecule has 2 aromatic carbocycles. The summed E-state index contributed by atoms with van der Waals surface area (Å²) in [7, 11) is 1.28. The second kappa shape index (κ2) is 15.9. The molecule has 1 atom stereocenters. The fourth-order valence-electron chi connectivity index (χ4n) is 4.65. The number of esters is 1. The smallest absolute Gasteiger partial charge is 0.338 e. The van der Waals surface area contributed by atoms with Gasteiger partial charge in [0, 0.05) is 28.6 Å². The first-order valence-electron chi connectivity index (χ1n) is 14.2. The lowest BCUT2D eigenvalue weighted by Crippen LogP contribution is -2.60. The van der Waals surface area contributed by atoms with Crippen LogP contribution in [-0.2, 0) is 24.6 Å². The molecule has 2 aromatic heterocycles. The number of oxazole rings is 1. The number of pyridine rings is 1. The zero-order chi connectivity index (χ0) is 35.9. The molecule has 19 heteroatoms. The Morgan fingerprint density at radius 2 is 1.73 bits per heavy atom. The van der Waals surface area contributed by atoms with Gasteiger partial charge >= 0.3 is 5.97 Å². The zero-order valence-electron chi connectivity index (χ0n) is 26.3. The second-order valence-corrected chi connectivity index (χ2v) is 11.5. The summed E-state index contributed by atoms with van der Waals surface area (Å²) in [5.74, 6) is 4.34. The number of nitrogens with zero attached hydrogens (tertiary/aromatic N) is 5. The SMILES string of the molecule is COc1cn(C(CCOF)C(=O)N(N(OF)OF)N(N)c2ccc(C(=O)OC(C)(C)C)cc2)c(=O)cc1-c1cc(Cl)ccc1-c1cnco1. The minimum absolute atomic E-state index is 0.0100. The van der Waals surface area contributed by atoms with Crippen molar-refractivity contribution in [3.8, 4) is 28.2 Å². The van der Waals surface area contributed by atoms with Crippen molar-refractivity contribution < 1.29 is 52.1 Å². The number of hydrogen-bond acceptors (Lipinski definition) is 13. The molecule has 4 rings (SSSR count). The molecule has 15 nitrogen and oxygen atoms in total. The lowest BCUT2D eigenvalue weighted by molar-refractivity contribution is -0.577. The van der Waals surface area contributed by atoms with E-state index < -0.39 is 47.4 Å². The van der Waals surface area contributed by atoms with Gasteiger partial charge < -0.3 is 13.9 Å². The van der Waals surface area contributed by atoms with E-state index in [1.54, 1.807) is 32.9 Å². The molecule has 0 bridgehead atoms. The van der Waals surface area contributed by atoms with Gasteiger partial charge in [-0.2, -0.15) is 10.1 Å². The van der Waals surface area contributed by atoms with Crippen LogP contribution >= 0.6 is 11.6 Å². The number of ether oxygens (including phenoxy) is 2. The monoisotopic (exact) mass is 710 g/mol. The number of aromatic nitrogens is 2. The summed E-state index contributed by atoms with van der Waals surface area (Å²) >= 11 is 6.27. The van der Waals surface area contributed by atoms with E-state index in [1.807, 2.05) is 0 Å². The maximum absolute atomic E-state index is 14.0. The van der Waals surface area contributed by atoms with Crippen LogP contribution in [0.1, 0.15) is 43.6 Å². The molecule has 0 aliphatic carbocycles. The largest absolute Gasteiger partial charge is 0.495 e. The number of rotatable bonds is 14. The predicted octanol–water partition coefficient (Wildman–Crippen LogP) is 5.59. The van der Waals surface area contributed by atoms with Crippen molar-refractivity contribution in [3.05, 3.63) is 88.3 Å². The molecule has 0 aliphatic rings. The number of carbonyl (C=O) groups is 2. The van der Waals surface area contributed by atoms with Crippen LogP contribution in [0.25, 0.3) is 22.5 Å². The first-order chi connectivity index (χ1) is 23.3. The van der Waals surface area contributed by atoms with Crippen LogP contribution in [0.3, 0.4) is 0 Å². The molecule has 2 N–H and O–H groups in total. The van der Waals surface area contributed by atoms with E-state index in [-0.39, 0.29) is 27.7 Å². The summed E-state index contributed by atoms with van der Waals surface area (Å²) in [4.78, 5) is 47.7. The number of benzene rings is 2. The normalized spacial score (nSPS) is 12.1. The van der Waals surface area contributed by atoms with Crippen molar-refractivity contribution >= 4 is 29.2 Å². The number of anilines is 1. The van der Waals surface area contributed by atoms with Crippen molar-refractivity contribution in [1.29, 1.82) is 0 Å². The van der Waals surface area contributed by atoms with Crippen molar-refractivity contribution in [3.63, 3.8) is 0 Å². The fraction of sp³-hybridized carbons (Fsp3) is 0.267. The third-order valence-corrected chi connectivity index (χ3v) is 7.00. The van der Waals surface area contributed by atoms with Gasteiger partial charge in [0.15, 0.2) is 12.2 Å². The molecule has 0 aliphatic heterocycles. The van der Waals surface area contributed by atoms with Crippen LogP contribution in [0.4, 0.5) is 19.3 Å². The highest BCUT2D eigenvalue weighted by Gasteiger charge is 2.38. The Morgan fingerprint density at radius 3 is 2.31 bits per heavy atom. The highest BCUT2D eigenvalue weighted by molar-refractivity contribution is 6.31. The van der Waals surface area contributed by atoms with E-state index in [2.05, 4.69) is 20.0 Å². The van der Waals surface area contributed by atoms with Crippen molar-refractivity contribution in [2.24, 2.45) is 5.84 Å². The first kappa shape index (κ1) is 36.8. The van der Waals surface area contributed by atoms with Crippen molar-refractivity contribution in [1.82, 2.24) is 20.0 Å². The topological polar surface area (TPSA) is 164 Å². The Hall–Kier alpha value is -4.98. The molecule has 0 fully saturated rings. The quantitative estimate of drug-likeness (QED) is 0.0979. The van der Waals surface area contributed by atoms with E-state index in [9.17, 15) is 28.0 Å². The minimum Gasteiger partial charge on any atom is -0.495 e. The van der Waals surface area contributed by atoms with Crippen molar-refractivity contribution in [2.45, 2.75) is 38.8 Å². The van der Waals surface area contributed by atoms with Gasteiger partial charge in [0.1, 0.15) is 22.7 Å². The molecule has 0 saturated carbocycles. The zero-order valence-corrected chi connectivity index (χ0v) is 27.1. The van der Waals surface area contributed by atoms with Gasteiger partial charge in [-0.05, 0) is 92.5 Å². The van der Waals surface area contributed by atoms with Crippen LogP contribution < -0.4 is 21.3 Å². The van der Waals surface area contributed by atoms with Gasteiger partial charge in [-0.1, -0.05) is 11.6 Å². The molecular weight excluding hydrogens is 681 g/mol. The summed E-state index contributed by atoms with van der Waals surface area (Å²) in [6, 6.07) is 8.98. The predicted molar refractivity (Wildman–Crippen MR) is 165 cm³/mol. The van der Waals surface area contributed by atoms with Gasteiger partial charge in [0.25, 0.3) is 11.5 Å². The number of halogens is 4. The van der Waals surface area contributed by atoms with E-state index in [0.717, 1.165) is 16.8 Å². The van der Waals surface area contributed by atoms with E-state index in [1.165, 1.54) is 50.0 Å². The van der Waals surface area contributed by atoms with Crippen LogP contribution in [0.5, 0.6) is 5.75 Å². The molecule has 1 amide bonds. The number of nitrogens with two attached hydrogens (primary N) is 1. The summed E-state index contributed by atoms with van der Waals surface area (Å²) < 4.78 is 57.1. The minimum atomic E-state index is -1.79. The Balaban J connectivity index is 1.78. The third kappa shape index (κ3) is 8.55. The molecule has 0 spiro atoms. The van der Waals surface area contributed by atoms with Crippen LogP contribution in [0.2, 0.25) is 5.02 Å². The fourth-order valence-corrected chi connectivity index (χ4v) is 4.82. The number of amides is 1. The molecule has 262 valence electrons. The van der Waals surface area contributed by atoms with Gasteiger partial charge in [-0.3, -0.25) is 14.2 Å². The Kier molecular flexibility index (Phi) is 12.0. The Bertz CT molecular complexity index is 1800. The standard InChI is InChI=1S/C30H30ClF3N6O9/c1-30(2,3)47-29(43)18-5-8-20(9-6-18)38(35)39(40(48-33)49-34)28(42)24(11-12-46-32)37-16-26(44-4)23(14-27(37)41)22-13-19(31)7-10-21(22)25-15-36-17-45-25/h5-10,13-17,24H,11-12,35H2,1-4H3. The van der Waals surface area contributed by atoms with E-state index in [4.69, 9.17) is 31.3 Å². The molecule has 2 heterocycles. The molecule has 49 heavy (non-hydrogen) atoms. The number of hydrogen-bond donors (Lipinski definition) is 1. The third-order valence-electron chi connectivity index (χ3n) is 6.76. The Labute approximate surface area is 281 Å². The van der Waals surface area contributed by atoms with Gasteiger partial charge in [-0.15, -0.1) is 5.12 Å². The van der Waals surface area contributed by atoms with Crippen LogP contribution in [0.15, 0.2) is 76.5 Å². The maximum Gasteiger partial charge on any atom is 0.338 e. The van der Waals surface area contributed by atoms with Crippen LogP contribution in [0, 0.1) is 0 Å². The summed E-state index contributed by atoms with van der Waals surface area (Å²) in [5, 5.41) is 6.65. The number of carbonyl (C=O) groups excluding carboxylic acids is 2. The van der Waals surface area contributed by atoms with Gasteiger partial charge in [0.2, 0.25) is 0 Å². The van der Waals surface area contributed by atoms with E-state index >= 15 is 0 Å².